The Labute approximate surface area is 108 Å². The number of rotatable bonds is 1. The molecule has 1 saturated carbocycles. The van der Waals surface area contributed by atoms with Gasteiger partial charge in [-0.1, -0.05) is 36.8 Å². The van der Waals surface area contributed by atoms with E-state index in [-0.39, 0.29) is 0 Å². The van der Waals surface area contributed by atoms with Crippen molar-refractivity contribution >= 4 is 0 Å². The first-order valence-corrected chi connectivity index (χ1v) is 6.79. The van der Waals surface area contributed by atoms with Crippen LogP contribution in [0.25, 0.3) is 0 Å². The summed E-state index contributed by atoms with van der Waals surface area (Å²) in [5.74, 6) is -0.480. The molecule has 18 heavy (non-hydrogen) atoms. The molecule has 0 aromatic heterocycles. The maximum atomic E-state index is 6.03. The van der Waals surface area contributed by atoms with Crippen LogP contribution in [-0.2, 0) is 20.1 Å². The minimum Gasteiger partial charge on any atom is -0.344 e. The lowest BCUT2D eigenvalue weighted by atomic mass is 9.92. The number of benzene rings is 1. The lowest BCUT2D eigenvalue weighted by Crippen LogP contribution is -2.50. The van der Waals surface area contributed by atoms with Gasteiger partial charge in [-0.05, 0) is 25.3 Å². The molecule has 3 heteroatoms. The fourth-order valence-electron chi connectivity index (χ4n) is 2.73. The van der Waals surface area contributed by atoms with E-state index in [1.165, 1.54) is 6.42 Å². The Kier molecular flexibility index (Phi) is 3.14. The highest BCUT2D eigenvalue weighted by Gasteiger charge is 2.45. The van der Waals surface area contributed by atoms with Crippen LogP contribution in [0, 0.1) is 0 Å². The van der Waals surface area contributed by atoms with Crippen molar-refractivity contribution in [2.45, 2.75) is 50.4 Å². The number of ether oxygens (including phenoxy) is 1. The minimum atomic E-state index is -0.496. The van der Waals surface area contributed by atoms with Crippen LogP contribution in [-0.4, -0.2) is 12.4 Å². The van der Waals surface area contributed by atoms with E-state index in [1.54, 1.807) is 0 Å². The summed E-state index contributed by atoms with van der Waals surface area (Å²) in [6.07, 6.45) is 5.47. The molecule has 2 aliphatic rings. The van der Waals surface area contributed by atoms with Gasteiger partial charge in [-0.25, -0.2) is 9.78 Å². The molecule has 2 fully saturated rings. The second kappa shape index (κ2) is 4.65. The Morgan fingerprint density at radius 1 is 0.944 bits per heavy atom. The Morgan fingerprint density at radius 3 is 2.28 bits per heavy atom. The zero-order valence-corrected chi connectivity index (χ0v) is 10.9. The molecule has 3 nitrogen and oxygen atoms in total. The van der Waals surface area contributed by atoms with Crippen molar-refractivity contribution in [2.75, 3.05) is 6.61 Å². The van der Waals surface area contributed by atoms with E-state index >= 15 is 0 Å². The molecule has 1 saturated heterocycles. The summed E-state index contributed by atoms with van der Waals surface area (Å²) in [6.45, 7) is 2.56. The Balaban J connectivity index is 1.72. The van der Waals surface area contributed by atoms with Crippen molar-refractivity contribution in [3.63, 3.8) is 0 Å². The van der Waals surface area contributed by atoms with Gasteiger partial charge in [-0.2, -0.15) is 0 Å². The van der Waals surface area contributed by atoms with E-state index in [1.807, 2.05) is 37.3 Å². The summed E-state index contributed by atoms with van der Waals surface area (Å²) in [5.41, 5.74) is 0.597. The van der Waals surface area contributed by atoms with Gasteiger partial charge in [0.2, 0.25) is 5.79 Å². The van der Waals surface area contributed by atoms with Gasteiger partial charge in [-0.15, -0.1) is 0 Å². The van der Waals surface area contributed by atoms with Gasteiger partial charge in [-0.3, -0.25) is 0 Å². The molecule has 0 bridgehead atoms. The third-order valence-corrected chi connectivity index (χ3v) is 3.99. The largest absolute Gasteiger partial charge is 0.344 e. The summed E-state index contributed by atoms with van der Waals surface area (Å²) in [7, 11) is 0. The second-order valence-electron chi connectivity index (χ2n) is 5.52. The fourth-order valence-corrected chi connectivity index (χ4v) is 2.73. The SMILES string of the molecule is CC1(c2ccccc2)COC2(CCCCC2)OO1. The minimum absolute atomic E-state index is 0.480. The predicted octanol–water partition coefficient (Wildman–Crippen LogP) is 3.54. The Hall–Kier alpha value is -0.900. The van der Waals surface area contributed by atoms with Crippen molar-refractivity contribution in [1.82, 2.24) is 0 Å². The van der Waals surface area contributed by atoms with Crippen molar-refractivity contribution in [3.05, 3.63) is 35.9 Å². The van der Waals surface area contributed by atoms with Gasteiger partial charge in [0, 0.05) is 12.8 Å². The Morgan fingerprint density at radius 2 is 1.67 bits per heavy atom. The van der Waals surface area contributed by atoms with Crippen molar-refractivity contribution in [3.8, 4) is 0 Å². The van der Waals surface area contributed by atoms with E-state index in [2.05, 4.69) is 0 Å². The number of hydrogen-bond acceptors (Lipinski definition) is 3. The zero-order valence-electron chi connectivity index (χ0n) is 10.9. The third kappa shape index (κ3) is 2.18. The van der Waals surface area contributed by atoms with Gasteiger partial charge in [0.1, 0.15) is 5.60 Å². The maximum absolute atomic E-state index is 6.03. The van der Waals surface area contributed by atoms with Crippen LogP contribution < -0.4 is 0 Å². The van der Waals surface area contributed by atoms with Crippen LogP contribution in [0.2, 0.25) is 0 Å². The zero-order chi connectivity index (χ0) is 12.5. The van der Waals surface area contributed by atoms with Crippen LogP contribution >= 0.6 is 0 Å². The molecule has 1 unspecified atom stereocenters. The van der Waals surface area contributed by atoms with Crippen LogP contribution in [0.1, 0.15) is 44.6 Å². The summed E-state index contributed by atoms with van der Waals surface area (Å²) in [5, 5.41) is 0. The van der Waals surface area contributed by atoms with Crippen LogP contribution in [0.5, 0.6) is 0 Å². The average Bonchev–Trinajstić information content (AvgIpc) is 2.45. The molecule has 0 radical (unpaired) electrons. The summed E-state index contributed by atoms with van der Waals surface area (Å²) >= 11 is 0. The van der Waals surface area contributed by atoms with Crippen molar-refractivity contribution in [2.24, 2.45) is 0 Å². The first-order valence-electron chi connectivity index (χ1n) is 6.79. The molecule has 98 valence electrons. The monoisotopic (exact) mass is 248 g/mol. The molecular weight excluding hydrogens is 228 g/mol. The second-order valence-corrected chi connectivity index (χ2v) is 5.52. The normalized spacial score (nSPS) is 31.4. The van der Waals surface area contributed by atoms with Crippen LogP contribution in [0.15, 0.2) is 30.3 Å². The van der Waals surface area contributed by atoms with E-state index in [9.17, 15) is 0 Å². The van der Waals surface area contributed by atoms with Gasteiger partial charge in [0.25, 0.3) is 0 Å². The van der Waals surface area contributed by atoms with Crippen molar-refractivity contribution < 1.29 is 14.5 Å². The van der Waals surface area contributed by atoms with Gasteiger partial charge in [0.05, 0.1) is 6.61 Å². The van der Waals surface area contributed by atoms with E-state index < -0.39 is 11.4 Å². The number of hydrogen-bond donors (Lipinski definition) is 0. The molecule has 0 N–H and O–H groups in total. The molecule has 0 amide bonds. The molecular formula is C15H20O3. The molecule has 1 heterocycles. The van der Waals surface area contributed by atoms with Crippen LogP contribution in [0.4, 0.5) is 0 Å². The highest BCUT2D eigenvalue weighted by molar-refractivity contribution is 5.22. The molecule has 1 aromatic carbocycles. The quantitative estimate of drug-likeness (QED) is 0.711. The maximum Gasteiger partial charge on any atom is 0.201 e. The molecule has 3 rings (SSSR count). The molecule has 1 aliphatic heterocycles. The van der Waals surface area contributed by atoms with Gasteiger partial charge >= 0.3 is 0 Å². The van der Waals surface area contributed by atoms with Gasteiger partial charge in [0.15, 0.2) is 0 Å². The predicted molar refractivity (Wildman–Crippen MR) is 67.7 cm³/mol. The third-order valence-electron chi connectivity index (χ3n) is 3.99. The molecule has 1 aliphatic carbocycles. The average molecular weight is 248 g/mol. The smallest absolute Gasteiger partial charge is 0.201 e. The summed E-state index contributed by atoms with van der Waals surface area (Å²) in [4.78, 5) is 11.4. The highest BCUT2D eigenvalue weighted by atomic mass is 17.2. The van der Waals surface area contributed by atoms with Crippen molar-refractivity contribution in [1.29, 1.82) is 0 Å². The standard InChI is InChI=1S/C15H20O3/c1-14(13-8-4-2-5-9-13)12-16-15(18-17-14)10-6-3-7-11-15/h2,4-5,8-9H,3,6-7,10-12H2,1H3. The lowest BCUT2D eigenvalue weighted by Gasteiger charge is -2.45. The first kappa shape index (κ1) is 12.2. The molecule has 1 atom stereocenters. The van der Waals surface area contributed by atoms with E-state index in [0.29, 0.717) is 6.61 Å². The summed E-state index contributed by atoms with van der Waals surface area (Å²) in [6, 6.07) is 10.1. The lowest BCUT2D eigenvalue weighted by molar-refractivity contribution is -0.518. The van der Waals surface area contributed by atoms with E-state index in [0.717, 1.165) is 31.2 Å². The first-order chi connectivity index (χ1) is 8.73. The summed E-state index contributed by atoms with van der Waals surface area (Å²) < 4.78 is 6.03. The molecule has 1 spiro atoms. The van der Waals surface area contributed by atoms with Crippen LogP contribution in [0.3, 0.4) is 0 Å². The fraction of sp³-hybridized carbons (Fsp3) is 0.600. The highest BCUT2D eigenvalue weighted by Crippen LogP contribution is 2.41. The Bertz CT molecular complexity index is 385. The van der Waals surface area contributed by atoms with E-state index in [4.69, 9.17) is 14.5 Å². The van der Waals surface area contributed by atoms with Gasteiger partial charge < -0.3 is 4.74 Å². The topological polar surface area (TPSA) is 27.7 Å². The molecule has 1 aromatic rings.